The molecule has 2 aromatic carbocycles. The molecule has 0 radical (unpaired) electrons. The Hall–Kier alpha value is -3.81. The number of alkyl halides is 3. The molecule has 1 aliphatic carbocycles. The number of nitrogens with zero attached hydrogens (tertiary/aromatic N) is 1. The number of aromatic nitrogens is 1. The molecule has 1 aliphatic rings. The lowest BCUT2D eigenvalue weighted by Gasteiger charge is -2.19. The molecule has 3 aromatic rings. The lowest BCUT2D eigenvalue weighted by molar-refractivity contribution is -0.274. The van der Waals surface area contributed by atoms with E-state index in [0.717, 1.165) is 35.1 Å². The lowest BCUT2D eigenvalue weighted by Crippen LogP contribution is -2.25. The summed E-state index contributed by atoms with van der Waals surface area (Å²) in [5.41, 5.74) is 3.01. The molecule has 1 heterocycles. The monoisotopic (exact) mass is 455 g/mol. The molecule has 0 amide bonds. The summed E-state index contributed by atoms with van der Waals surface area (Å²) in [5, 5.41) is 9.71. The van der Waals surface area contributed by atoms with Crippen LogP contribution in [-0.2, 0) is 17.8 Å². The molecule has 0 saturated heterocycles. The zero-order valence-corrected chi connectivity index (χ0v) is 17.6. The number of aryl methyl sites for hydroxylation is 1. The summed E-state index contributed by atoms with van der Waals surface area (Å²) in [7, 11) is 0. The number of pyridine rings is 1. The number of ether oxygens (including phenoxy) is 1. The van der Waals surface area contributed by atoms with E-state index < -0.39 is 18.1 Å². The van der Waals surface area contributed by atoms with Crippen molar-refractivity contribution < 1.29 is 27.8 Å². The van der Waals surface area contributed by atoms with Gasteiger partial charge in [0.05, 0.1) is 5.52 Å². The van der Waals surface area contributed by atoms with E-state index in [9.17, 15) is 22.8 Å². The minimum Gasteiger partial charge on any atom is -0.478 e. The van der Waals surface area contributed by atoms with Crippen LogP contribution in [0.15, 0.2) is 53.3 Å². The van der Waals surface area contributed by atoms with Crippen LogP contribution in [-0.4, -0.2) is 22.0 Å². The van der Waals surface area contributed by atoms with Crippen LogP contribution in [0, 0.1) is 0 Å². The largest absolute Gasteiger partial charge is 0.573 e. The van der Waals surface area contributed by atoms with E-state index in [4.69, 9.17) is 5.11 Å². The van der Waals surface area contributed by atoms with Crippen LogP contribution in [0.3, 0.4) is 0 Å². The van der Waals surface area contributed by atoms with Gasteiger partial charge in [-0.25, -0.2) is 4.79 Å². The third-order valence-electron chi connectivity index (χ3n) is 5.53. The van der Waals surface area contributed by atoms with Crippen LogP contribution < -0.4 is 10.3 Å². The van der Waals surface area contributed by atoms with Crippen LogP contribution in [0.25, 0.3) is 34.2 Å². The van der Waals surface area contributed by atoms with Crippen molar-refractivity contribution >= 4 is 29.0 Å². The minimum atomic E-state index is -4.90. The average molecular weight is 455 g/mol. The number of carbonyl (C=O) groups is 1. The highest BCUT2D eigenvalue weighted by Crippen LogP contribution is 2.37. The summed E-state index contributed by atoms with van der Waals surface area (Å²) >= 11 is 0. The van der Waals surface area contributed by atoms with E-state index in [1.54, 1.807) is 22.8 Å². The van der Waals surface area contributed by atoms with Gasteiger partial charge in [-0.15, -0.1) is 13.2 Å². The molecule has 0 atom stereocenters. The van der Waals surface area contributed by atoms with Gasteiger partial charge in [0.2, 0.25) is 0 Å². The number of aliphatic carboxylic acids is 1. The predicted molar refractivity (Wildman–Crippen MR) is 120 cm³/mol. The van der Waals surface area contributed by atoms with Gasteiger partial charge in [0.25, 0.3) is 5.56 Å². The molecular formula is C25H20F3NO4. The molecule has 8 heteroatoms. The first kappa shape index (κ1) is 22.4. The van der Waals surface area contributed by atoms with Crippen molar-refractivity contribution in [1.82, 2.24) is 4.57 Å². The number of halogens is 3. The van der Waals surface area contributed by atoms with Gasteiger partial charge in [0.15, 0.2) is 0 Å². The van der Waals surface area contributed by atoms with Crippen molar-refractivity contribution in [1.29, 1.82) is 0 Å². The highest BCUT2D eigenvalue weighted by molar-refractivity contribution is 5.94. The van der Waals surface area contributed by atoms with Gasteiger partial charge in [0.1, 0.15) is 5.75 Å². The zero-order valence-electron chi connectivity index (χ0n) is 17.6. The molecule has 0 saturated carbocycles. The van der Waals surface area contributed by atoms with Crippen molar-refractivity contribution in [2.45, 2.75) is 32.7 Å². The Morgan fingerprint density at radius 2 is 2.00 bits per heavy atom. The molecule has 0 spiro atoms. The quantitative estimate of drug-likeness (QED) is 0.506. The number of rotatable bonds is 5. The highest BCUT2D eigenvalue weighted by atomic mass is 19.4. The summed E-state index contributed by atoms with van der Waals surface area (Å²) in [4.78, 5) is 23.9. The fourth-order valence-corrected chi connectivity index (χ4v) is 4.13. The van der Waals surface area contributed by atoms with Gasteiger partial charge in [-0.3, -0.25) is 4.79 Å². The molecule has 4 rings (SSSR count). The number of fused-ring (bicyclic) bond motifs is 3. The van der Waals surface area contributed by atoms with Crippen molar-refractivity contribution in [3.05, 3.63) is 75.6 Å². The first-order valence-electron chi connectivity index (χ1n) is 10.3. The molecular weight excluding hydrogens is 435 g/mol. The smallest absolute Gasteiger partial charge is 0.478 e. The Morgan fingerprint density at radius 1 is 1.21 bits per heavy atom. The molecule has 33 heavy (non-hydrogen) atoms. The molecule has 1 aromatic heterocycles. The number of carboxylic acids is 1. The van der Waals surface area contributed by atoms with Crippen LogP contribution in [0.2, 0.25) is 0 Å². The van der Waals surface area contributed by atoms with Crippen molar-refractivity contribution in [3.8, 4) is 16.9 Å². The Balaban J connectivity index is 1.96. The van der Waals surface area contributed by atoms with Crippen LogP contribution in [0.1, 0.15) is 30.0 Å². The SMILES string of the molecule is CCn1c(=O)c2c(c3ccc(-c4cc(/C=C/C(=O)O)ccc4OC(F)(F)F)cc31)C=CCC2. The number of allylic oxidation sites excluding steroid dienone is 1. The Labute approximate surface area is 187 Å². The zero-order chi connectivity index (χ0) is 23.8. The second-order valence-electron chi connectivity index (χ2n) is 7.59. The first-order chi connectivity index (χ1) is 15.7. The van der Waals surface area contributed by atoms with Gasteiger partial charge in [-0.2, -0.15) is 0 Å². The van der Waals surface area contributed by atoms with Gasteiger partial charge in [-0.1, -0.05) is 30.4 Å². The van der Waals surface area contributed by atoms with Crippen LogP contribution >= 0.6 is 0 Å². The standard InChI is InChI=1S/C25H20F3NO4/c1-2-29-21-14-16(9-10-18(21)17-5-3-4-6-19(17)24(29)32)20-13-15(8-12-23(30)31)7-11-22(20)33-25(26,27)28/h3,5,7-14H,2,4,6H2,1H3,(H,30,31)/b12-8+. The van der Waals surface area contributed by atoms with Crippen molar-refractivity contribution in [2.24, 2.45) is 0 Å². The second kappa shape index (κ2) is 8.61. The maximum Gasteiger partial charge on any atom is 0.573 e. The molecule has 0 aliphatic heterocycles. The fraction of sp³-hybridized carbons (Fsp3) is 0.200. The summed E-state index contributed by atoms with van der Waals surface area (Å²) < 4.78 is 45.0. The summed E-state index contributed by atoms with van der Waals surface area (Å²) in [6, 6.07) is 9.06. The van der Waals surface area contributed by atoms with E-state index in [-0.39, 0.29) is 11.1 Å². The van der Waals surface area contributed by atoms with Gasteiger partial charge < -0.3 is 14.4 Å². The number of hydrogen-bond acceptors (Lipinski definition) is 3. The molecule has 5 nitrogen and oxygen atoms in total. The summed E-state index contributed by atoms with van der Waals surface area (Å²) in [6.45, 7) is 2.25. The van der Waals surface area contributed by atoms with E-state index in [2.05, 4.69) is 4.74 Å². The maximum absolute atomic E-state index is 13.1. The van der Waals surface area contributed by atoms with Gasteiger partial charge in [-0.05, 0) is 60.7 Å². The fourth-order valence-electron chi connectivity index (χ4n) is 4.13. The average Bonchev–Trinajstić information content (AvgIpc) is 2.77. The molecule has 1 N–H and O–H groups in total. The van der Waals surface area contributed by atoms with E-state index in [1.165, 1.54) is 18.2 Å². The number of benzene rings is 2. The van der Waals surface area contributed by atoms with E-state index in [1.807, 2.05) is 19.1 Å². The van der Waals surface area contributed by atoms with E-state index in [0.29, 0.717) is 29.6 Å². The van der Waals surface area contributed by atoms with Crippen LogP contribution in [0.5, 0.6) is 5.75 Å². The van der Waals surface area contributed by atoms with Crippen molar-refractivity contribution in [2.75, 3.05) is 0 Å². The van der Waals surface area contributed by atoms with Gasteiger partial charge >= 0.3 is 12.3 Å². The lowest BCUT2D eigenvalue weighted by atomic mass is 9.93. The molecule has 170 valence electrons. The predicted octanol–water partition coefficient (Wildman–Crippen LogP) is 5.64. The molecule has 0 fully saturated rings. The number of hydrogen-bond donors (Lipinski definition) is 1. The molecule has 0 unspecified atom stereocenters. The maximum atomic E-state index is 13.1. The van der Waals surface area contributed by atoms with Gasteiger partial charge in [0, 0.05) is 29.1 Å². The Kier molecular flexibility index (Phi) is 5.84. The minimum absolute atomic E-state index is 0.105. The highest BCUT2D eigenvalue weighted by Gasteiger charge is 2.32. The summed E-state index contributed by atoms with van der Waals surface area (Å²) in [5.74, 6) is -1.60. The number of carboxylic acid groups (broad SMARTS) is 1. The second-order valence-corrected chi connectivity index (χ2v) is 7.59. The topological polar surface area (TPSA) is 68.5 Å². The molecule has 0 bridgehead atoms. The van der Waals surface area contributed by atoms with Crippen molar-refractivity contribution in [3.63, 3.8) is 0 Å². The third-order valence-corrected chi connectivity index (χ3v) is 5.53. The first-order valence-corrected chi connectivity index (χ1v) is 10.3. The normalized spacial score (nSPS) is 13.5. The van der Waals surface area contributed by atoms with Crippen LogP contribution in [0.4, 0.5) is 13.2 Å². The summed E-state index contributed by atoms with van der Waals surface area (Å²) in [6.07, 6.45) is 2.62. The third kappa shape index (κ3) is 4.55. The van der Waals surface area contributed by atoms with E-state index >= 15 is 0 Å². The Morgan fingerprint density at radius 3 is 2.70 bits per heavy atom. The Bertz CT molecular complexity index is 1370.